The first-order chi connectivity index (χ1) is 12.1. The van der Waals surface area contributed by atoms with E-state index in [9.17, 15) is 9.59 Å². The van der Waals surface area contributed by atoms with Crippen LogP contribution in [0, 0.1) is 0 Å². The molecular formula is C19H25NO5. The molecule has 1 amide bonds. The van der Waals surface area contributed by atoms with Crippen LogP contribution in [0.5, 0.6) is 11.5 Å². The van der Waals surface area contributed by atoms with Crippen LogP contribution in [-0.2, 0) is 14.3 Å². The molecule has 6 heteroatoms. The van der Waals surface area contributed by atoms with Crippen molar-refractivity contribution in [1.82, 2.24) is 5.32 Å². The summed E-state index contributed by atoms with van der Waals surface area (Å²) in [6.07, 6.45) is 8.39. The minimum absolute atomic E-state index is 0.210. The van der Waals surface area contributed by atoms with Gasteiger partial charge in [0.05, 0.1) is 14.2 Å². The number of nitrogens with one attached hydrogen (secondary N) is 1. The fourth-order valence-corrected chi connectivity index (χ4v) is 2.82. The van der Waals surface area contributed by atoms with Crippen molar-refractivity contribution in [3.05, 3.63) is 29.8 Å². The molecule has 0 atom stereocenters. The van der Waals surface area contributed by atoms with Crippen LogP contribution in [0.4, 0.5) is 0 Å². The van der Waals surface area contributed by atoms with Gasteiger partial charge in [0.1, 0.15) is 0 Å². The zero-order chi connectivity index (χ0) is 18.1. The number of amides is 1. The van der Waals surface area contributed by atoms with E-state index in [1.165, 1.54) is 12.5 Å². The predicted molar refractivity (Wildman–Crippen MR) is 94.6 cm³/mol. The lowest BCUT2D eigenvalue weighted by molar-refractivity contribution is -0.144. The van der Waals surface area contributed by atoms with Crippen molar-refractivity contribution >= 4 is 18.0 Å². The summed E-state index contributed by atoms with van der Waals surface area (Å²) < 4.78 is 15.3. The van der Waals surface area contributed by atoms with Crippen LogP contribution in [0.25, 0.3) is 6.08 Å². The second kappa shape index (κ2) is 9.71. The molecule has 1 aromatic rings. The van der Waals surface area contributed by atoms with Crippen LogP contribution in [0.2, 0.25) is 0 Å². The molecule has 0 heterocycles. The van der Waals surface area contributed by atoms with Crippen molar-refractivity contribution in [3.63, 3.8) is 0 Å². The summed E-state index contributed by atoms with van der Waals surface area (Å²) in [4.78, 5) is 23.5. The Hall–Kier alpha value is -2.50. The molecule has 1 fully saturated rings. The molecule has 1 aromatic carbocycles. The van der Waals surface area contributed by atoms with Gasteiger partial charge in [0.25, 0.3) is 5.91 Å². The molecule has 0 radical (unpaired) electrons. The van der Waals surface area contributed by atoms with Crippen molar-refractivity contribution in [1.29, 1.82) is 0 Å². The molecular weight excluding hydrogens is 322 g/mol. The first-order valence-corrected chi connectivity index (χ1v) is 8.48. The molecule has 0 bridgehead atoms. The number of hydrogen-bond donors (Lipinski definition) is 1. The maximum absolute atomic E-state index is 11.8. The standard InChI is InChI=1S/C19H25NO5/c1-23-16-10-8-14(12-17(16)24-2)9-11-19(22)25-13-18(21)20-15-6-4-3-5-7-15/h8-12,15H,3-7,13H2,1-2H3,(H,20,21). The Labute approximate surface area is 148 Å². The van der Waals surface area contributed by atoms with E-state index in [0.717, 1.165) is 31.2 Å². The molecule has 0 spiro atoms. The lowest BCUT2D eigenvalue weighted by Gasteiger charge is -2.22. The molecule has 0 saturated heterocycles. The minimum Gasteiger partial charge on any atom is -0.493 e. The highest BCUT2D eigenvalue weighted by molar-refractivity contribution is 5.89. The van der Waals surface area contributed by atoms with Crippen LogP contribution < -0.4 is 14.8 Å². The van der Waals surface area contributed by atoms with Gasteiger partial charge in [-0.1, -0.05) is 25.3 Å². The fourth-order valence-electron chi connectivity index (χ4n) is 2.82. The van der Waals surface area contributed by atoms with Crippen molar-refractivity contribution in [3.8, 4) is 11.5 Å². The zero-order valence-corrected chi connectivity index (χ0v) is 14.7. The smallest absolute Gasteiger partial charge is 0.331 e. The highest BCUT2D eigenvalue weighted by Crippen LogP contribution is 2.27. The van der Waals surface area contributed by atoms with Crippen molar-refractivity contribution in [2.75, 3.05) is 20.8 Å². The first kappa shape index (κ1) is 18.8. The average Bonchev–Trinajstić information content (AvgIpc) is 2.65. The van der Waals surface area contributed by atoms with E-state index in [2.05, 4.69) is 5.32 Å². The lowest BCUT2D eigenvalue weighted by atomic mass is 9.95. The summed E-state index contributed by atoms with van der Waals surface area (Å²) in [5, 5.41) is 2.91. The summed E-state index contributed by atoms with van der Waals surface area (Å²) in [6, 6.07) is 5.50. The molecule has 0 aliphatic heterocycles. The summed E-state index contributed by atoms with van der Waals surface area (Å²) in [6.45, 7) is -0.258. The highest BCUT2D eigenvalue weighted by atomic mass is 16.5. The molecule has 1 aliphatic carbocycles. The van der Waals surface area contributed by atoms with Crippen LogP contribution >= 0.6 is 0 Å². The SMILES string of the molecule is COc1ccc(C=CC(=O)OCC(=O)NC2CCCCC2)cc1OC. The van der Waals surface area contributed by atoms with Gasteiger partial charge in [-0.3, -0.25) is 4.79 Å². The minimum atomic E-state index is -0.562. The zero-order valence-electron chi connectivity index (χ0n) is 14.7. The van der Waals surface area contributed by atoms with Crippen LogP contribution in [-0.4, -0.2) is 38.7 Å². The van der Waals surface area contributed by atoms with Gasteiger partial charge >= 0.3 is 5.97 Å². The van der Waals surface area contributed by atoms with Gasteiger partial charge in [-0.05, 0) is 36.6 Å². The number of esters is 1. The number of methoxy groups -OCH3 is 2. The number of hydrogen-bond acceptors (Lipinski definition) is 5. The Morgan fingerprint density at radius 2 is 1.84 bits per heavy atom. The average molecular weight is 347 g/mol. The van der Waals surface area contributed by atoms with Crippen molar-refractivity contribution < 1.29 is 23.8 Å². The van der Waals surface area contributed by atoms with E-state index in [1.54, 1.807) is 38.5 Å². The Balaban J connectivity index is 1.79. The quantitative estimate of drug-likeness (QED) is 0.606. The second-order valence-corrected chi connectivity index (χ2v) is 5.96. The number of ether oxygens (including phenoxy) is 3. The molecule has 1 aliphatic rings. The summed E-state index contributed by atoms with van der Waals surface area (Å²) in [5.74, 6) is 0.375. The van der Waals surface area contributed by atoms with Crippen LogP contribution in [0.1, 0.15) is 37.7 Å². The third kappa shape index (κ3) is 6.14. The summed E-state index contributed by atoms with van der Waals surface area (Å²) in [7, 11) is 3.10. The van der Waals surface area contributed by atoms with Crippen LogP contribution in [0.3, 0.4) is 0 Å². The maximum Gasteiger partial charge on any atom is 0.331 e. The number of benzene rings is 1. The molecule has 136 valence electrons. The van der Waals surface area contributed by atoms with E-state index in [0.29, 0.717) is 11.5 Å². The van der Waals surface area contributed by atoms with Crippen molar-refractivity contribution in [2.24, 2.45) is 0 Å². The molecule has 1 saturated carbocycles. The Morgan fingerprint density at radius 3 is 2.52 bits per heavy atom. The number of rotatable bonds is 7. The third-order valence-corrected chi connectivity index (χ3v) is 4.14. The number of carbonyl (C=O) groups is 2. The number of carbonyl (C=O) groups excluding carboxylic acids is 2. The summed E-state index contributed by atoms with van der Waals surface area (Å²) >= 11 is 0. The topological polar surface area (TPSA) is 73.9 Å². The van der Waals surface area contributed by atoms with E-state index in [1.807, 2.05) is 0 Å². The lowest BCUT2D eigenvalue weighted by Crippen LogP contribution is -2.38. The predicted octanol–water partition coefficient (Wildman–Crippen LogP) is 2.71. The first-order valence-electron chi connectivity index (χ1n) is 8.48. The van der Waals surface area contributed by atoms with E-state index >= 15 is 0 Å². The molecule has 6 nitrogen and oxygen atoms in total. The molecule has 2 rings (SSSR count). The third-order valence-electron chi connectivity index (χ3n) is 4.14. The Bertz CT molecular complexity index is 620. The Morgan fingerprint density at radius 1 is 1.12 bits per heavy atom. The van der Waals surface area contributed by atoms with Crippen molar-refractivity contribution in [2.45, 2.75) is 38.1 Å². The van der Waals surface area contributed by atoms with Gasteiger partial charge in [-0.2, -0.15) is 0 Å². The Kier molecular flexibility index (Phi) is 7.32. The monoisotopic (exact) mass is 347 g/mol. The van der Waals surface area contributed by atoms with Gasteiger partial charge in [0, 0.05) is 12.1 Å². The van der Waals surface area contributed by atoms with Gasteiger partial charge in [0.15, 0.2) is 18.1 Å². The van der Waals surface area contributed by atoms with Gasteiger partial charge < -0.3 is 19.5 Å². The molecule has 0 aromatic heterocycles. The largest absolute Gasteiger partial charge is 0.493 e. The van der Waals surface area contributed by atoms with Crippen LogP contribution in [0.15, 0.2) is 24.3 Å². The van der Waals surface area contributed by atoms with Gasteiger partial charge in [0.2, 0.25) is 0 Å². The van der Waals surface area contributed by atoms with Gasteiger partial charge in [-0.15, -0.1) is 0 Å². The molecule has 25 heavy (non-hydrogen) atoms. The van der Waals surface area contributed by atoms with E-state index in [-0.39, 0.29) is 18.6 Å². The van der Waals surface area contributed by atoms with Gasteiger partial charge in [-0.25, -0.2) is 4.79 Å². The summed E-state index contributed by atoms with van der Waals surface area (Å²) in [5.41, 5.74) is 0.765. The molecule has 1 N–H and O–H groups in total. The highest BCUT2D eigenvalue weighted by Gasteiger charge is 2.16. The van der Waals surface area contributed by atoms with E-state index in [4.69, 9.17) is 14.2 Å². The maximum atomic E-state index is 11.8. The second-order valence-electron chi connectivity index (χ2n) is 5.96. The normalized spacial score (nSPS) is 15.0. The fraction of sp³-hybridized carbons (Fsp3) is 0.474. The van der Waals surface area contributed by atoms with E-state index < -0.39 is 5.97 Å². The molecule has 0 unspecified atom stereocenters.